The maximum atomic E-state index is 11.0. The van der Waals surface area contributed by atoms with Crippen LogP contribution in [0.1, 0.15) is 103 Å². The molecule has 8 heteroatoms. The van der Waals surface area contributed by atoms with E-state index >= 15 is 0 Å². The Morgan fingerprint density at radius 1 is 0.756 bits per heavy atom. The third-order valence-corrected chi connectivity index (χ3v) is 8.79. The van der Waals surface area contributed by atoms with Gasteiger partial charge in [0, 0.05) is 11.6 Å². The van der Waals surface area contributed by atoms with Gasteiger partial charge in [0.25, 0.3) is 0 Å². The molecule has 2 rings (SSSR count). The lowest BCUT2D eigenvalue weighted by molar-refractivity contribution is 0.243. The highest BCUT2D eigenvalue weighted by molar-refractivity contribution is 5.65. The molecular formula is C37H58N2O6. The molecule has 8 nitrogen and oxygen atoms in total. The topological polar surface area (TPSA) is 105 Å². The summed E-state index contributed by atoms with van der Waals surface area (Å²) in [4.78, 5) is 0. The van der Waals surface area contributed by atoms with Gasteiger partial charge in [0.2, 0.25) is 11.5 Å². The minimum Gasteiger partial charge on any atom is -0.493 e. The van der Waals surface area contributed by atoms with Gasteiger partial charge in [-0.2, -0.15) is 5.26 Å². The molecule has 0 amide bonds. The van der Waals surface area contributed by atoms with Crippen LogP contribution in [0.15, 0.2) is 24.3 Å². The second kappa shape index (κ2) is 19.9. The van der Waals surface area contributed by atoms with Crippen LogP contribution in [-0.2, 0) is 11.8 Å². The molecule has 45 heavy (non-hydrogen) atoms. The Morgan fingerprint density at radius 2 is 1.40 bits per heavy atom. The molecule has 0 saturated heterocycles. The standard InChI is InChI=1S/C37H58N2O6/c1-9-12-14-21-44-33-25-30(34(45-22-15-13-10-2)36(43-8)35(33)42-7)37(26-38,27(4)11-3)20-16-17-29(39)23-28-18-19-31(40-5)32(24-28)41-6/h18-19,24-25,27,29H,9-17,20-23,39H2,1-8H3. The fraction of sp³-hybridized carbons (Fsp3) is 0.649. The molecule has 3 unspecified atom stereocenters. The van der Waals surface area contributed by atoms with E-state index in [-0.39, 0.29) is 12.0 Å². The van der Waals surface area contributed by atoms with Crippen LogP contribution in [0.5, 0.6) is 34.5 Å². The van der Waals surface area contributed by atoms with Crippen LogP contribution in [0, 0.1) is 17.2 Å². The normalized spacial score (nSPS) is 13.7. The molecule has 0 radical (unpaired) electrons. The summed E-state index contributed by atoms with van der Waals surface area (Å²) in [6.45, 7) is 9.68. The number of nitriles is 1. The molecule has 0 aliphatic heterocycles. The Morgan fingerprint density at radius 3 is 1.96 bits per heavy atom. The summed E-state index contributed by atoms with van der Waals surface area (Å²) >= 11 is 0. The minimum atomic E-state index is -0.848. The first-order valence-electron chi connectivity index (χ1n) is 16.7. The number of ether oxygens (including phenoxy) is 6. The second-order valence-corrected chi connectivity index (χ2v) is 11.9. The van der Waals surface area contributed by atoms with Gasteiger partial charge in [-0.3, -0.25) is 0 Å². The third-order valence-electron chi connectivity index (χ3n) is 8.79. The van der Waals surface area contributed by atoms with Gasteiger partial charge in [-0.25, -0.2) is 0 Å². The van der Waals surface area contributed by atoms with Gasteiger partial charge in [-0.05, 0) is 68.2 Å². The Labute approximate surface area is 272 Å². The highest BCUT2D eigenvalue weighted by atomic mass is 16.5. The van der Waals surface area contributed by atoms with Crippen LogP contribution in [0.4, 0.5) is 0 Å². The molecule has 0 aliphatic rings. The number of rotatable bonds is 23. The number of benzene rings is 2. The molecule has 0 spiro atoms. The average molecular weight is 627 g/mol. The van der Waals surface area contributed by atoms with Crippen molar-refractivity contribution in [1.82, 2.24) is 0 Å². The number of unbranched alkanes of at least 4 members (excludes halogenated alkanes) is 4. The smallest absolute Gasteiger partial charge is 0.207 e. The quantitative estimate of drug-likeness (QED) is 0.123. The van der Waals surface area contributed by atoms with Crippen molar-refractivity contribution >= 4 is 0 Å². The first kappa shape index (κ1) is 37.9. The summed E-state index contributed by atoms with van der Waals surface area (Å²) in [5.41, 5.74) is 7.70. The Hall–Kier alpha value is -3.31. The van der Waals surface area contributed by atoms with E-state index in [1.807, 2.05) is 24.3 Å². The fourth-order valence-corrected chi connectivity index (χ4v) is 5.90. The summed E-state index contributed by atoms with van der Waals surface area (Å²) in [6, 6.07) is 10.6. The van der Waals surface area contributed by atoms with Crippen molar-refractivity contribution in [2.24, 2.45) is 11.7 Å². The molecular weight excluding hydrogens is 568 g/mol. The van der Waals surface area contributed by atoms with Crippen molar-refractivity contribution in [3.05, 3.63) is 35.4 Å². The van der Waals surface area contributed by atoms with Crippen LogP contribution in [-0.4, -0.2) is 47.7 Å². The largest absolute Gasteiger partial charge is 0.493 e. The van der Waals surface area contributed by atoms with Crippen molar-refractivity contribution in [1.29, 1.82) is 5.26 Å². The number of hydrogen-bond donors (Lipinski definition) is 1. The fourth-order valence-electron chi connectivity index (χ4n) is 5.90. The first-order chi connectivity index (χ1) is 21.8. The molecule has 0 aromatic heterocycles. The van der Waals surface area contributed by atoms with E-state index in [9.17, 15) is 5.26 Å². The SMILES string of the molecule is CCCCCOc1cc(C(C#N)(CCCC(N)Cc2ccc(OC)c(OC)c2)C(C)CC)c(OCCCCC)c(OC)c1OC. The first-order valence-corrected chi connectivity index (χ1v) is 16.7. The molecule has 2 aromatic rings. The molecule has 0 aliphatic carbocycles. The van der Waals surface area contributed by atoms with E-state index in [0.29, 0.717) is 60.6 Å². The number of hydrogen-bond acceptors (Lipinski definition) is 8. The Balaban J connectivity index is 2.49. The van der Waals surface area contributed by atoms with Crippen molar-refractivity contribution < 1.29 is 28.4 Å². The molecule has 3 atom stereocenters. The maximum Gasteiger partial charge on any atom is 0.207 e. The molecule has 0 bridgehead atoms. The van der Waals surface area contributed by atoms with Crippen LogP contribution in [0.3, 0.4) is 0 Å². The van der Waals surface area contributed by atoms with E-state index in [1.54, 1.807) is 28.4 Å². The summed E-state index contributed by atoms with van der Waals surface area (Å²) in [5.74, 6) is 3.54. The highest BCUT2D eigenvalue weighted by Gasteiger charge is 2.42. The maximum absolute atomic E-state index is 11.0. The van der Waals surface area contributed by atoms with Crippen molar-refractivity contribution in [3.8, 4) is 40.6 Å². The van der Waals surface area contributed by atoms with E-state index in [0.717, 1.165) is 68.9 Å². The monoisotopic (exact) mass is 626 g/mol. The molecule has 0 fully saturated rings. The number of nitrogens with two attached hydrogens (primary N) is 1. The summed E-state index contributed by atoms with van der Waals surface area (Å²) < 4.78 is 35.4. The van der Waals surface area contributed by atoms with Crippen molar-refractivity contribution in [2.75, 3.05) is 41.7 Å². The van der Waals surface area contributed by atoms with E-state index in [2.05, 4.69) is 33.8 Å². The van der Waals surface area contributed by atoms with Crippen molar-refractivity contribution in [3.63, 3.8) is 0 Å². The molecule has 0 heterocycles. The van der Waals surface area contributed by atoms with Gasteiger partial charge in [-0.15, -0.1) is 0 Å². The van der Waals surface area contributed by atoms with E-state index in [1.165, 1.54) is 0 Å². The second-order valence-electron chi connectivity index (χ2n) is 11.9. The lowest BCUT2D eigenvalue weighted by Crippen LogP contribution is -2.34. The van der Waals surface area contributed by atoms with Gasteiger partial charge in [-0.1, -0.05) is 65.9 Å². The minimum absolute atomic E-state index is 0.0357. The zero-order valence-corrected chi connectivity index (χ0v) is 29.1. The van der Waals surface area contributed by atoms with Crippen LogP contribution in [0.25, 0.3) is 0 Å². The zero-order chi connectivity index (χ0) is 33.2. The van der Waals surface area contributed by atoms with Crippen LogP contribution in [0.2, 0.25) is 0 Å². The van der Waals surface area contributed by atoms with Crippen LogP contribution >= 0.6 is 0 Å². The number of methoxy groups -OCH3 is 4. The molecule has 2 N–H and O–H groups in total. The summed E-state index contributed by atoms with van der Waals surface area (Å²) in [5, 5.41) is 11.0. The van der Waals surface area contributed by atoms with Gasteiger partial charge < -0.3 is 34.2 Å². The van der Waals surface area contributed by atoms with Gasteiger partial charge in [0.15, 0.2) is 23.0 Å². The lowest BCUT2D eigenvalue weighted by atomic mass is 9.67. The number of nitrogens with zero attached hydrogens (tertiary/aromatic N) is 1. The molecule has 2 aromatic carbocycles. The van der Waals surface area contributed by atoms with Gasteiger partial charge in [0.05, 0.1) is 53.1 Å². The van der Waals surface area contributed by atoms with Crippen molar-refractivity contribution in [2.45, 2.75) is 110 Å². The van der Waals surface area contributed by atoms with Crippen LogP contribution < -0.4 is 34.2 Å². The van der Waals surface area contributed by atoms with Gasteiger partial charge in [0.1, 0.15) is 0 Å². The zero-order valence-electron chi connectivity index (χ0n) is 29.1. The Bertz CT molecular complexity index is 1200. The predicted molar refractivity (Wildman–Crippen MR) is 181 cm³/mol. The average Bonchev–Trinajstić information content (AvgIpc) is 3.06. The van der Waals surface area contributed by atoms with E-state index in [4.69, 9.17) is 34.2 Å². The molecule has 252 valence electrons. The Kier molecular flexibility index (Phi) is 16.8. The third kappa shape index (κ3) is 10.1. The van der Waals surface area contributed by atoms with E-state index < -0.39 is 5.41 Å². The highest BCUT2D eigenvalue weighted by Crippen LogP contribution is 2.53. The summed E-state index contributed by atoms with van der Waals surface area (Å²) in [7, 11) is 6.49. The van der Waals surface area contributed by atoms with Gasteiger partial charge >= 0.3 is 0 Å². The predicted octanol–water partition coefficient (Wildman–Crippen LogP) is 8.41. The lowest BCUT2D eigenvalue weighted by Gasteiger charge is -2.36. The molecule has 0 saturated carbocycles. The summed E-state index contributed by atoms with van der Waals surface area (Å²) in [6.07, 6.45) is 9.81.